The summed E-state index contributed by atoms with van der Waals surface area (Å²) in [5, 5.41) is 5.97. The van der Waals surface area contributed by atoms with Crippen LogP contribution < -0.4 is 10.6 Å². The average molecular weight is 365 g/mol. The topological polar surface area (TPSA) is 61.4 Å². The Morgan fingerprint density at radius 3 is 2.52 bits per heavy atom. The molecule has 2 aromatic carbocycles. The molecule has 142 valence electrons. The first-order chi connectivity index (χ1) is 13.0. The van der Waals surface area contributed by atoms with Crippen molar-refractivity contribution in [1.29, 1.82) is 0 Å². The summed E-state index contributed by atoms with van der Waals surface area (Å²) < 4.78 is 0. The molecule has 0 saturated carbocycles. The number of urea groups is 1. The van der Waals surface area contributed by atoms with Crippen molar-refractivity contribution in [2.75, 3.05) is 18.4 Å². The van der Waals surface area contributed by atoms with Crippen molar-refractivity contribution in [3.05, 3.63) is 65.7 Å². The van der Waals surface area contributed by atoms with Crippen LogP contribution in [0, 0.1) is 12.3 Å². The summed E-state index contributed by atoms with van der Waals surface area (Å²) in [6.45, 7) is 5.59. The van der Waals surface area contributed by atoms with E-state index in [0.29, 0.717) is 19.6 Å². The molecule has 2 N–H and O–H groups in total. The lowest BCUT2D eigenvalue weighted by Crippen LogP contribution is -2.52. The SMILES string of the molecule is Cc1ccccc1CNC(=O)[C@]1(C)CCCN(C(=O)Nc2ccccc2)C1. The summed E-state index contributed by atoms with van der Waals surface area (Å²) in [5.74, 6) is 0.00274. The summed E-state index contributed by atoms with van der Waals surface area (Å²) in [5.41, 5.74) is 2.47. The average Bonchev–Trinajstić information content (AvgIpc) is 2.68. The molecule has 3 amide bonds. The third kappa shape index (κ3) is 4.67. The van der Waals surface area contributed by atoms with Crippen LogP contribution in [0.15, 0.2) is 54.6 Å². The highest BCUT2D eigenvalue weighted by Crippen LogP contribution is 2.30. The van der Waals surface area contributed by atoms with E-state index in [2.05, 4.69) is 10.6 Å². The Hall–Kier alpha value is -2.82. The molecule has 0 unspecified atom stereocenters. The zero-order valence-corrected chi connectivity index (χ0v) is 16.0. The van der Waals surface area contributed by atoms with E-state index >= 15 is 0 Å². The minimum absolute atomic E-state index is 0.00274. The predicted molar refractivity (Wildman–Crippen MR) is 107 cm³/mol. The molecule has 0 aromatic heterocycles. The molecule has 5 nitrogen and oxygen atoms in total. The molecule has 3 rings (SSSR count). The van der Waals surface area contributed by atoms with E-state index in [1.807, 2.05) is 68.4 Å². The maximum Gasteiger partial charge on any atom is 0.321 e. The lowest BCUT2D eigenvalue weighted by molar-refractivity contribution is -0.132. The van der Waals surface area contributed by atoms with Crippen LogP contribution in [0.4, 0.5) is 10.5 Å². The van der Waals surface area contributed by atoms with E-state index < -0.39 is 5.41 Å². The van der Waals surface area contributed by atoms with Gasteiger partial charge < -0.3 is 15.5 Å². The van der Waals surface area contributed by atoms with Crippen molar-refractivity contribution in [2.24, 2.45) is 5.41 Å². The summed E-state index contributed by atoms with van der Waals surface area (Å²) >= 11 is 0. The molecule has 1 aliphatic heterocycles. The van der Waals surface area contributed by atoms with Crippen LogP contribution in [0.1, 0.15) is 30.9 Å². The van der Waals surface area contributed by atoms with Gasteiger partial charge in [0.05, 0.1) is 5.41 Å². The Morgan fingerprint density at radius 2 is 1.78 bits per heavy atom. The van der Waals surface area contributed by atoms with E-state index in [-0.39, 0.29) is 11.9 Å². The van der Waals surface area contributed by atoms with Gasteiger partial charge in [-0.05, 0) is 49.9 Å². The van der Waals surface area contributed by atoms with E-state index in [4.69, 9.17) is 0 Å². The quantitative estimate of drug-likeness (QED) is 0.862. The van der Waals surface area contributed by atoms with Crippen molar-refractivity contribution in [3.8, 4) is 0 Å². The number of likely N-dealkylation sites (tertiary alicyclic amines) is 1. The van der Waals surface area contributed by atoms with Crippen molar-refractivity contribution in [2.45, 2.75) is 33.2 Å². The second kappa shape index (κ2) is 8.25. The Morgan fingerprint density at radius 1 is 1.07 bits per heavy atom. The van der Waals surface area contributed by atoms with Gasteiger partial charge in [-0.25, -0.2) is 4.79 Å². The molecule has 1 atom stereocenters. The fraction of sp³-hybridized carbons (Fsp3) is 0.364. The van der Waals surface area contributed by atoms with Crippen molar-refractivity contribution < 1.29 is 9.59 Å². The number of nitrogens with one attached hydrogen (secondary N) is 2. The van der Waals surface area contributed by atoms with Gasteiger partial charge in [0.2, 0.25) is 5.91 Å². The van der Waals surface area contributed by atoms with Crippen LogP contribution in [0.5, 0.6) is 0 Å². The second-order valence-electron chi connectivity index (χ2n) is 7.49. The van der Waals surface area contributed by atoms with Gasteiger partial charge in [0.15, 0.2) is 0 Å². The van der Waals surface area contributed by atoms with E-state index in [1.54, 1.807) is 4.90 Å². The number of benzene rings is 2. The summed E-state index contributed by atoms with van der Waals surface area (Å²) in [4.78, 5) is 27.2. The van der Waals surface area contributed by atoms with Gasteiger partial charge in [-0.3, -0.25) is 4.79 Å². The largest absolute Gasteiger partial charge is 0.351 e. The Kier molecular flexibility index (Phi) is 5.79. The van der Waals surface area contributed by atoms with Crippen molar-refractivity contribution in [3.63, 3.8) is 0 Å². The number of amides is 3. The van der Waals surface area contributed by atoms with Crippen LogP contribution in [-0.4, -0.2) is 29.9 Å². The van der Waals surface area contributed by atoms with E-state index in [9.17, 15) is 9.59 Å². The summed E-state index contributed by atoms with van der Waals surface area (Å²) in [7, 11) is 0. The number of carbonyl (C=O) groups is 2. The minimum Gasteiger partial charge on any atom is -0.351 e. The molecule has 0 bridgehead atoms. The summed E-state index contributed by atoms with van der Waals surface area (Å²) in [6.07, 6.45) is 1.60. The standard InChI is InChI=1S/C22H27N3O2/c1-17-9-6-7-10-18(17)15-23-20(26)22(2)13-8-14-25(16-22)21(27)24-19-11-4-3-5-12-19/h3-7,9-12H,8,13-16H2,1-2H3,(H,23,26)(H,24,27)/t22-/m1/s1. The maximum absolute atomic E-state index is 12.9. The van der Waals surface area contributed by atoms with Crippen LogP contribution in [0.2, 0.25) is 0 Å². The third-order valence-corrected chi connectivity index (χ3v) is 5.26. The highest BCUT2D eigenvalue weighted by Gasteiger charge is 2.39. The van der Waals surface area contributed by atoms with E-state index in [1.165, 1.54) is 0 Å². The number of para-hydroxylation sites is 1. The number of nitrogens with zero attached hydrogens (tertiary/aromatic N) is 1. The Balaban J connectivity index is 1.60. The van der Waals surface area contributed by atoms with Gasteiger partial charge in [-0.1, -0.05) is 42.5 Å². The first kappa shape index (κ1) is 19.0. The third-order valence-electron chi connectivity index (χ3n) is 5.26. The normalized spacial score (nSPS) is 19.4. The molecule has 27 heavy (non-hydrogen) atoms. The highest BCUT2D eigenvalue weighted by atomic mass is 16.2. The van der Waals surface area contributed by atoms with E-state index in [0.717, 1.165) is 29.7 Å². The molecular formula is C22H27N3O2. The Labute approximate surface area is 160 Å². The lowest BCUT2D eigenvalue weighted by atomic mass is 9.81. The number of piperidine rings is 1. The van der Waals surface area contributed by atoms with Gasteiger partial charge >= 0.3 is 6.03 Å². The Bertz CT molecular complexity index is 806. The lowest BCUT2D eigenvalue weighted by Gasteiger charge is -2.39. The number of aryl methyl sites for hydroxylation is 1. The van der Waals surface area contributed by atoms with Crippen LogP contribution in [0.3, 0.4) is 0 Å². The number of hydrogen-bond donors (Lipinski definition) is 2. The monoisotopic (exact) mass is 365 g/mol. The molecular weight excluding hydrogens is 338 g/mol. The fourth-order valence-electron chi connectivity index (χ4n) is 3.52. The molecule has 1 heterocycles. The fourth-order valence-corrected chi connectivity index (χ4v) is 3.52. The zero-order valence-electron chi connectivity index (χ0n) is 16.0. The molecule has 0 spiro atoms. The van der Waals surface area contributed by atoms with Gasteiger partial charge in [0.25, 0.3) is 0 Å². The smallest absolute Gasteiger partial charge is 0.321 e. The van der Waals surface area contributed by atoms with Gasteiger partial charge in [0, 0.05) is 25.3 Å². The summed E-state index contributed by atoms with van der Waals surface area (Å²) in [6, 6.07) is 17.3. The van der Waals surface area contributed by atoms with Crippen LogP contribution in [-0.2, 0) is 11.3 Å². The van der Waals surface area contributed by atoms with Gasteiger partial charge in [-0.2, -0.15) is 0 Å². The number of rotatable bonds is 4. The molecule has 1 saturated heterocycles. The van der Waals surface area contributed by atoms with Crippen LogP contribution in [0.25, 0.3) is 0 Å². The highest BCUT2D eigenvalue weighted by molar-refractivity contribution is 5.90. The predicted octanol–water partition coefficient (Wildman–Crippen LogP) is 3.95. The molecule has 2 aromatic rings. The number of carbonyl (C=O) groups excluding carboxylic acids is 2. The second-order valence-corrected chi connectivity index (χ2v) is 7.49. The van der Waals surface area contributed by atoms with Crippen molar-refractivity contribution in [1.82, 2.24) is 10.2 Å². The van der Waals surface area contributed by atoms with Crippen LogP contribution >= 0.6 is 0 Å². The molecule has 0 aliphatic carbocycles. The first-order valence-electron chi connectivity index (χ1n) is 9.42. The van der Waals surface area contributed by atoms with Gasteiger partial charge in [-0.15, -0.1) is 0 Å². The zero-order chi connectivity index (χ0) is 19.3. The molecule has 0 radical (unpaired) electrons. The minimum atomic E-state index is -0.574. The first-order valence-corrected chi connectivity index (χ1v) is 9.42. The number of hydrogen-bond acceptors (Lipinski definition) is 2. The molecule has 1 fully saturated rings. The van der Waals surface area contributed by atoms with Gasteiger partial charge in [0.1, 0.15) is 0 Å². The van der Waals surface area contributed by atoms with Crippen molar-refractivity contribution >= 4 is 17.6 Å². The number of anilines is 1. The molecule has 1 aliphatic rings. The molecule has 5 heteroatoms. The maximum atomic E-state index is 12.9.